The lowest BCUT2D eigenvalue weighted by atomic mass is 10.2. The molecule has 9 heteroatoms. The van der Waals surface area contributed by atoms with Gasteiger partial charge in [0.2, 0.25) is 0 Å². The molecule has 2 N–H and O–H groups in total. The van der Waals surface area contributed by atoms with E-state index in [1.165, 1.54) is 17.4 Å². The average Bonchev–Trinajstić information content (AvgIpc) is 3.08. The molecule has 1 aromatic carbocycles. The van der Waals surface area contributed by atoms with Crippen LogP contribution in [0.2, 0.25) is 0 Å². The molecule has 3 aromatic rings. The van der Waals surface area contributed by atoms with E-state index in [4.69, 9.17) is 4.74 Å². The van der Waals surface area contributed by atoms with Crippen LogP contribution >= 0.6 is 11.3 Å². The van der Waals surface area contributed by atoms with Crippen molar-refractivity contribution in [2.45, 2.75) is 20.0 Å². The highest BCUT2D eigenvalue weighted by atomic mass is 32.1. The first-order chi connectivity index (χ1) is 12.9. The molecular weight excluding hydrogens is 368 g/mol. The quantitative estimate of drug-likeness (QED) is 0.715. The highest BCUT2D eigenvalue weighted by Crippen LogP contribution is 2.24. The Bertz CT molecular complexity index is 1020. The summed E-state index contributed by atoms with van der Waals surface area (Å²) in [4.78, 5) is 44.7. The average molecular weight is 384 g/mol. The molecule has 0 saturated carbocycles. The normalized spacial score (nSPS) is 10.6. The zero-order valence-corrected chi connectivity index (χ0v) is 15.4. The highest BCUT2D eigenvalue weighted by molar-refractivity contribution is 7.14. The zero-order chi connectivity index (χ0) is 19.4. The van der Waals surface area contributed by atoms with Gasteiger partial charge in [-0.3, -0.25) is 24.9 Å². The Morgan fingerprint density at radius 3 is 2.52 bits per heavy atom. The predicted octanol–water partition coefficient (Wildman–Crippen LogP) is 3.22. The summed E-state index contributed by atoms with van der Waals surface area (Å²) in [6.45, 7) is 3.35. The largest absolute Gasteiger partial charge is 0.447 e. The van der Waals surface area contributed by atoms with Crippen molar-refractivity contribution in [3.8, 4) is 0 Å². The number of carbonyl (C=O) groups is 3. The fraction of sp³-hybridized carbons (Fsp3) is 0.167. The van der Waals surface area contributed by atoms with Crippen LogP contribution in [0.25, 0.3) is 11.0 Å². The van der Waals surface area contributed by atoms with Gasteiger partial charge in [-0.1, -0.05) is 0 Å². The van der Waals surface area contributed by atoms with Crippen LogP contribution in [0.3, 0.4) is 0 Å². The molecule has 27 heavy (non-hydrogen) atoms. The third-order valence-corrected chi connectivity index (χ3v) is 4.26. The summed E-state index contributed by atoms with van der Waals surface area (Å²) in [5, 5.41) is 6.78. The topological polar surface area (TPSA) is 110 Å². The van der Waals surface area contributed by atoms with Crippen molar-refractivity contribution in [3.63, 3.8) is 0 Å². The van der Waals surface area contributed by atoms with E-state index in [0.717, 1.165) is 0 Å². The summed E-state index contributed by atoms with van der Waals surface area (Å²) in [5.41, 5.74) is 1.82. The van der Waals surface area contributed by atoms with Crippen LogP contribution in [0.15, 0.2) is 42.0 Å². The molecule has 0 aliphatic rings. The number of carbonyl (C=O) groups excluding carboxylic acids is 3. The summed E-state index contributed by atoms with van der Waals surface area (Å²) < 4.78 is 4.88. The maximum Gasteiger partial charge on any atom is 0.414 e. The van der Waals surface area contributed by atoms with Crippen LogP contribution in [0, 0.1) is 0 Å². The number of imide groups is 1. The Labute approximate surface area is 158 Å². The maximum absolute atomic E-state index is 12.5. The van der Waals surface area contributed by atoms with Gasteiger partial charge in [-0.2, -0.15) is 0 Å². The summed E-state index contributed by atoms with van der Waals surface area (Å²) in [6.07, 6.45) is 1.92. The lowest BCUT2D eigenvalue weighted by Crippen LogP contribution is -2.32. The molecule has 0 saturated heterocycles. The van der Waals surface area contributed by atoms with E-state index in [0.29, 0.717) is 21.6 Å². The Kier molecular flexibility index (Phi) is 5.41. The Balaban J connectivity index is 1.74. The van der Waals surface area contributed by atoms with E-state index in [9.17, 15) is 14.4 Å². The van der Waals surface area contributed by atoms with Crippen molar-refractivity contribution in [1.82, 2.24) is 15.3 Å². The molecule has 8 nitrogen and oxygen atoms in total. The van der Waals surface area contributed by atoms with Crippen LogP contribution in [-0.2, 0) is 4.74 Å². The van der Waals surface area contributed by atoms with Crippen molar-refractivity contribution in [3.05, 3.63) is 53.2 Å². The number of fused-ring (bicyclic) bond motifs is 1. The third kappa shape index (κ3) is 4.45. The molecule has 0 aliphatic heterocycles. The minimum Gasteiger partial charge on any atom is -0.447 e. The van der Waals surface area contributed by atoms with Crippen molar-refractivity contribution >= 4 is 45.3 Å². The number of nitrogens with one attached hydrogen (secondary N) is 2. The van der Waals surface area contributed by atoms with Crippen LogP contribution in [0.5, 0.6) is 0 Å². The van der Waals surface area contributed by atoms with Gasteiger partial charge in [-0.15, -0.1) is 11.3 Å². The van der Waals surface area contributed by atoms with Gasteiger partial charge >= 0.3 is 6.09 Å². The number of amides is 3. The summed E-state index contributed by atoms with van der Waals surface area (Å²) >= 11 is 1.17. The standard InChI is InChI=1S/C18H16N4O4S/c1-10(2)26-18(25)22-16(24)12-5-8-27-17(12)21-15(23)11-3-4-13-14(9-11)20-7-6-19-13/h3-10H,1-2H3,(H,21,23)(H,22,24,25). The SMILES string of the molecule is CC(C)OC(=O)NC(=O)c1ccsc1NC(=O)c1ccc2nccnc2c1. The molecule has 0 spiro atoms. The van der Waals surface area contributed by atoms with E-state index in [2.05, 4.69) is 20.6 Å². The van der Waals surface area contributed by atoms with Crippen LogP contribution in [0.1, 0.15) is 34.6 Å². The molecular formula is C18H16N4O4S. The second-order valence-corrected chi connectivity index (χ2v) is 6.70. The van der Waals surface area contributed by atoms with Gasteiger partial charge < -0.3 is 10.1 Å². The van der Waals surface area contributed by atoms with E-state index in [1.807, 2.05) is 0 Å². The molecule has 3 rings (SSSR count). The number of aromatic nitrogens is 2. The van der Waals surface area contributed by atoms with Gasteiger partial charge in [0.15, 0.2) is 0 Å². The van der Waals surface area contributed by atoms with Crippen LogP contribution in [-0.4, -0.2) is 34.0 Å². The Hall–Kier alpha value is -3.33. The van der Waals surface area contributed by atoms with Crippen molar-refractivity contribution in [1.29, 1.82) is 0 Å². The van der Waals surface area contributed by atoms with E-state index < -0.39 is 17.9 Å². The fourth-order valence-electron chi connectivity index (χ4n) is 2.27. The lowest BCUT2D eigenvalue weighted by molar-refractivity contribution is 0.0877. The van der Waals surface area contributed by atoms with Crippen molar-refractivity contribution < 1.29 is 19.1 Å². The molecule has 0 radical (unpaired) electrons. The van der Waals surface area contributed by atoms with E-state index in [-0.39, 0.29) is 11.7 Å². The third-order valence-electron chi connectivity index (χ3n) is 3.43. The van der Waals surface area contributed by atoms with Gasteiger partial charge in [-0.05, 0) is 43.5 Å². The van der Waals surface area contributed by atoms with Gasteiger partial charge in [-0.25, -0.2) is 4.79 Å². The second kappa shape index (κ2) is 7.92. The minimum atomic E-state index is -0.841. The molecule has 0 fully saturated rings. The number of hydrogen-bond acceptors (Lipinski definition) is 7. The van der Waals surface area contributed by atoms with E-state index >= 15 is 0 Å². The lowest BCUT2D eigenvalue weighted by Gasteiger charge is -2.09. The molecule has 0 unspecified atom stereocenters. The summed E-state index contributed by atoms with van der Waals surface area (Å²) in [5.74, 6) is -1.05. The molecule has 138 valence electrons. The smallest absolute Gasteiger partial charge is 0.414 e. The fourth-order valence-corrected chi connectivity index (χ4v) is 3.05. The molecule has 0 bridgehead atoms. The Morgan fingerprint density at radius 1 is 1.04 bits per heavy atom. The molecule has 2 heterocycles. The number of benzene rings is 1. The van der Waals surface area contributed by atoms with Gasteiger partial charge in [0.05, 0.1) is 22.7 Å². The summed E-state index contributed by atoms with van der Waals surface area (Å²) in [7, 11) is 0. The Morgan fingerprint density at radius 2 is 1.78 bits per heavy atom. The number of alkyl carbamates (subject to hydrolysis) is 1. The first-order valence-electron chi connectivity index (χ1n) is 8.05. The van der Waals surface area contributed by atoms with Crippen LogP contribution in [0.4, 0.5) is 9.80 Å². The van der Waals surface area contributed by atoms with Gasteiger partial charge in [0, 0.05) is 18.0 Å². The molecule has 0 aliphatic carbocycles. The van der Waals surface area contributed by atoms with Gasteiger partial charge in [0.25, 0.3) is 11.8 Å². The number of rotatable bonds is 4. The minimum absolute atomic E-state index is 0.176. The molecule has 3 amide bonds. The second-order valence-electron chi connectivity index (χ2n) is 5.79. The van der Waals surface area contributed by atoms with E-state index in [1.54, 1.807) is 49.8 Å². The van der Waals surface area contributed by atoms with Gasteiger partial charge in [0.1, 0.15) is 5.00 Å². The summed E-state index contributed by atoms with van der Waals surface area (Å²) in [6, 6.07) is 6.45. The number of nitrogens with zero attached hydrogens (tertiary/aromatic N) is 2. The van der Waals surface area contributed by atoms with Crippen molar-refractivity contribution in [2.24, 2.45) is 0 Å². The maximum atomic E-state index is 12.5. The number of anilines is 1. The number of ether oxygens (including phenoxy) is 1. The predicted molar refractivity (Wildman–Crippen MR) is 101 cm³/mol. The first kappa shape index (κ1) is 18.5. The number of hydrogen-bond donors (Lipinski definition) is 2. The first-order valence-corrected chi connectivity index (χ1v) is 8.93. The highest BCUT2D eigenvalue weighted by Gasteiger charge is 2.19. The molecule has 0 atom stereocenters. The number of thiophene rings is 1. The monoisotopic (exact) mass is 384 g/mol. The van der Waals surface area contributed by atoms with Crippen LogP contribution < -0.4 is 10.6 Å². The van der Waals surface area contributed by atoms with Crippen molar-refractivity contribution in [2.75, 3.05) is 5.32 Å². The zero-order valence-electron chi connectivity index (χ0n) is 14.6. The molecule has 2 aromatic heterocycles.